The van der Waals surface area contributed by atoms with Crippen molar-refractivity contribution in [3.63, 3.8) is 0 Å². The molecule has 46 heavy (non-hydrogen) atoms. The molecule has 9 nitrogen and oxygen atoms in total. The number of amides is 4. The Bertz CT molecular complexity index is 1240. The normalized spacial score (nSPS) is 20.9. The average Bonchev–Trinajstić information content (AvgIpc) is 3.50. The van der Waals surface area contributed by atoms with E-state index < -0.39 is 17.5 Å². The number of carbonyl (C=O) groups excluding carboxylic acids is 4. The van der Waals surface area contributed by atoms with Gasteiger partial charge < -0.3 is 20.0 Å². The maximum absolute atomic E-state index is 14.2. The van der Waals surface area contributed by atoms with Crippen LogP contribution in [0.2, 0.25) is 0 Å². The van der Waals surface area contributed by atoms with E-state index >= 15 is 0 Å². The highest BCUT2D eigenvalue weighted by Gasteiger charge is 2.40. The summed E-state index contributed by atoms with van der Waals surface area (Å²) in [4.78, 5) is 62.4. The van der Waals surface area contributed by atoms with Gasteiger partial charge in [0.2, 0.25) is 23.6 Å². The van der Waals surface area contributed by atoms with Crippen LogP contribution < -0.4 is 5.32 Å². The van der Waals surface area contributed by atoms with E-state index in [1.54, 1.807) is 35.7 Å². The molecule has 2 heterocycles. The van der Waals surface area contributed by atoms with E-state index in [0.29, 0.717) is 25.1 Å². The molecule has 4 atom stereocenters. The summed E-state index contributed by atoms with van der Waals surface area (Å²) in [6.45, 7) is 17.8. The molecule has 2 saturated heterocycles. The van der Waals surface area contributed by atoms with Crippen LogP contribution in [-0.4, -0.2) is 101 Å². The van der Waals surface area contributed by atoms with Gasteiger partial charge in [-0.2, -0.15) is 0 Å². The SMILES string of the molecule is CC(=C[C@H](C(C)C)N(C)C(=O)[C@@H](NC(=O)C1CCCCN1C(C)C)C(C)(C)C)C(=O)N1CCC[C@H]1C(=O)N(C)Cc1ccccc1. The molecule has 4 amide bonds. The summed E-state index contributed by atoms with van der Waals surface area (Å²) in [5.74, 6) is -0.509. The molecular weight excluding hydrogens is 578 g/mol. The fraction of sp³-hybridized carbons (Fsp3) is 0.676. The van der Waals surface area contributed by atoms with Crippen LogP contribution in [0.25, 0.3) is 0 Å². The molecular formula is C37H59N5O4. The Balaban J connectivity index is 1.77. The standard InChI is InChI=1S/C37H59N5O4/c1-25(2)31(40(10)36(46)32(37(6,7)8)38-33(43)29-19-14-15-21-41(29)26(3)4)23-27(5)34(44)42-22-16-20-30(42)35(45)39(9)24-28-17-12-11-13-18-28/h11-13,17-18,23,25-26,29-32H,14-16,19-22,24H2,1-10H3,(H,38,43)/t29?,30-,31+,32+/m0/s1. The molecule has 9 heteroatoms. The topological polar surface area (TPSA) is 93.3 Å². The fourth-order valence-corrected chi connectivity index (χ4v) is 6.85. The van der Waals surface area contributed by atoms with Crippen molar-refractivity contribution in [2.24, 2.45) is 11.3 Å². The lowest BCUT2D eigenvalue weighted by Crippen LogP contribution is -2.60. The Kier molecular flexibility index (Phi) is 13.0. The van der Waals surface area contributed by atoms with Crippen molar-refractivity contribution in [2.45, 2.75) is 124 Å². The van der Waals surface area contributed by atoms with Gasteiger partial charge in [0.05, 0.1) is 12.1 Å². The van der Waals surface area contributed by atoms with Gasteiger partial charge in [-0.3, -0.25) is 24.1 Å². The molecule has 1 N–H and O–H groups in total. The summed E-state index contributed by atoms with van der Waals surface area (Å²) in [7, 11) is 3.54. The van der Waals surface area contributed by atoms with Crippen LogP contribution in [0.5, 0.6) is 0 Å². The largest absolute Gasteiger partial charge is 0.342 e. The third-order valence-electron chi connectivity index (χ3n) is 9.58. The van der Waals surface area contributed by atoms with E-state index in [1.165, 1.54) is 0 Å². The number of piperidine rings is 1. The Morgan fingerprint density at radius 3 is 2.15 bits per heavy atom. The van der Waals surface area contributed by atoms with Gasteiger partial charge in [-0.15, -0.1) is 0 Å². The number of hydrogen-bond acceptors (Lipinski definition) is 5. The molecule has 0 radical (unpaired) electrons. The van der Waals surface area contributed by atoms with Crippen molar-refractivity contribution in [1.29, 1.82) is 0 Å². The van der Waals surface area contributed by atoms with E-state index in [9.17, 15) is 19.2 Å². The number of nitrogens with zero attached hydrogens (tertiary/aromatic N) is 4. The Morgan fingerprint density at radius 2 is 1.57 bits per heavy atom. The zero-order chi connectivity index (χ0) is 34.3. The molecule has 0 saturated carbocycles. The van der Waals surface area contributed by atoms with E-state index in [4.69, 9.17) is 0 Å². The van der Waals surface area contributed by atoms with Crippen molar-refractivity contribution in [1.82, 2.24) is 24.9 Å². The molecule has 1 aromatic rings. The first kappa shape index (κ1) is 37.3. The van der Waals surface area contributed by atoms with E-state index in [-0.39, 0.29) is 47.7 Å². The van der Waals surface area contributed by atoms with Crippen molar-refractivity contribution in [2.75, 3.05) is 27.2 Å². The maximum Gasteiger partial charge on any atom is 0.249 e. The molecule has 3 rings (SSSR count). The highest BCUT2D eigenvalue weighted by molar-refractivity contribution is 5.97. The Hall–Kier alpha value is -3.20. The zero-order valence-corrected chi connectivity index (χ0v) is 30.0. The molecule has 0 bridgehead atoms. The third kappa shape index (κ3) is 9.20. The predicted octanol–water partition coefficient (Wildman–Crippen LogP) is 4.86. The molecule has 0 spiro atoms. The minimum absolute atomic E-state index is 0.0100. The van der Waals surface area contributed by atoms with Gasteiger partial charge in [0.1, 0.15) is 12.1 Å². The summed E-state index contributed by atoms with van der Waals surface area (Å²) in [5.41, 5.74) is 1.02. The van der Waals surface area contributed by atoms with Gasteiger partial charge >= 0.3 is 0 Å². The van der Waals surface area contributed by atoms with Crippen molar-refractivity contribution in [3.8, 4) is 0 Å². The smallest absolute Gasteiger partial charge is 0.249 e. The van der Waals surface area contributed by atoms with Gasteiger partial charge in [-0.25, -0.2) is 0 Å². The second-order valence-electron chi connectivity index (χ2n) is 15.0. The molecule has 2 aliphatic heterocycles. The zero-order valence-electron chi connectivity index (χ0n) is 30.0. The van der Waals surface area contributed by atoms with Crippen molar-refractivity contribution < 1.29 is 19.2 Å². The predicted molar refractivity (Wildman–Crippen MR) is 184 cm³/mol. The van der Waals surface area contributed by atoms with Crippen LogP contribution in [0.15, 0.2) is 42.0 Å². The van der Waals surface area contributed by atoms with Gasteiger partial charge in [0.15, 0.2) is 0 Å². The first-order valence-electron chi connectivity index (χ1n) is 17.2. The fourth-order valence-electron chi connectivity index (χ4n) is 6.85. The Morgan fingerprint density at radius 1 is 0.935 bits per heavy atom. The van der Waals surface area contributed by atoms with Gasteiger partial charge in [-0.05, 0) is 69.9 Å². The maximum atomic E-state index is 14.2. The van der Waals surface area contributed by atoms with E-state index in [1.807, 2.05) is 71.0 Å². The highest BCUT2D eigenvalue weighted by atomic mass is 16.2. The lowest BCUT2D eigenvalue weighted by atomic mass is 9.84. The average molecular weight is 638 g/mol. The van der Waals surface area contributed by atoms with E-state index in [0.717, 1.165) is 37.8 Å². The van der Waals surface area contributed by atoms with Gasteiger partial charge in [-0.1, -0.05) is 77.4 Å². The van der Waals surface area contributed by atoms with Crippen LogP contribution in [0.1, 0.15) is 93.1 Å². The molecule has 2 aliphatic rings. The van der Waals surface area contributed by atoms with E-state index in [2.05, 4.69) is 24.1 Å². The van der Waals surface area contributed by atoms with Crippen LogP contribution >= 0.6 is 0 Å². The number of nitrogens with one attached hydrogen (secondary N) is 1. The summed E-state index contributed by atoms with van der Waals surface area (Å²) < 4.78 is 0. The van der Waals surface area contributed by atoms with Gasteiger partial charge in [0, 0.05) is 38.8 Å². The summed E-state index contributed by atoms with van der Waals surface area (Å²) in [5, 5.41) is 3.14. The van der Waals surface area contributed by atoms with Crippen LogP contribution in [-0.2, 0) is 25.7 Å². The molecule has 2 fully saturated rings. The second kappa shape index (κ2) is 16.1. The monoisotopic (exact) mass is 637 g/mol. The minimum atomic E-state index is -0.729. The number of hydrogen-bond donors (Lipinski definition) is 1. The first-order valence-corrected chi connectivity index (χ1v) is 17.2. The number of benzene rings is 1. The summed E-state index contributed by atoms with van der Waals surface area (Å²) in [6.07, 6.45) is 6.11. The lowest BCUT2D eigenvalue weighted by molar-refractivity contribution is -0.142. The minimum Gasteiger partial charge on any atom is -0.342 e. The molecule has 0 aromatic heterocycles. The number of carbonyl (C=O) groups is 4. The molecule has 0 aliphatic carbocycles. The number of rotatable bonds is 11. The van der Waals surface area contributed by atoms with Crippen LogP contribution in [0.3, 0.4) is 0 Å². The van der Waals surface area contributed by atoms with Crippen LogP contribution in [0, 0.1) is 11.3 Å². The second-order valence-corrected chi connectivity index (χ2v) is 15.0. The first-order chi connectivity index (χ1) is 21.5. The highest BCUT2D eigenvalue weighted by Crippen LogP contribution is 2.27. The number of likely N-dealkylation sites (tertiary alicyclic amines) is 2. The van der Waals surface area contributed by atoms with Crippen molar-refractivity contribution >= 4 is 23.6 Å². The molecule has 1 aromatic carbocycles. The quantitative estimate of drug-likeness (QED) is 0.350. The third-order valence-corrected chi connectivity index (χ3v) is 9.58. The summed E-state index contributed by atoms with van der Waals surface area (Å²) >= 11 is 0. The molecule has 1 unspecified atom stereocenters. The van der Waals surface area contributed by atoms with Crippen LogP contribution in [0.4, 0.5) is 0 Å². The lowest BCUT2D eigenvalue weighted by Gasteiger charge is -2.41. The molecule has 256 valence electrons. The van der Waals surface area contributed by atoms with Gasteiger partial charge in [0.25, 0.3) is 0 Å². The Labute approximate surface area is 277 Å². The number of likely N-dealkylation sites (N-methyl/N-ethyl adjacent to an activating group) is 2. The summed E-state index contributed by atoms with van der Waals surface area (Å²) in [6, 6.07) is 8.22. The van der Waals surface area contributed by atoms with Crippen molar-refractivity contribution in [3.05, 3.63) is 47.5 Å².